The van der Waals surface area contributed by atoms with Crippen LogP contribution in [0.15, 0.2) is 27.9 Å². The van der Waals surface area contributed by atoms with Crippen molar-refractivity contribution in [3.63, 3.8) is 0 Å². The van der Waals surface area contributed by atoms with Crippen LogP contribution in [0, 0.1) is 20.8 Å². The Morgan fingerprint density at radius 1 is 1.15 bits per heavy atom. The highest BCUT2D eigenvalue weighted by atomic mass is 16.6. The third-order valence-electron chi connectivity index (χ3n) is 5.28. The lowest BCUT2D eigenvalue weighted by atomic mass is 9.80. The van der Waals surface area contributed by atoms with E-state index in [1.807, 2.05) is 32.9 Å². The average Bonchev–Trinajstić information content (AvgIpc) is 2.83. The average molecular weight is 376 g/mol. The molecule has 1 aliphatic heterocycles. The number of ether oxygens (including phenoxy) is 1. The molecule has 3 rings (SSSR count). The first-order valence-corrected chi connectivity index (χ1v) is 8.73. The topological polar surface area (TPSA) is 136 Å². The number of H-pyrrole nitrogens is 2. The smallest absolute Gasteiger partial charge is 0.325 e. The first-order valence-electron chi connectivity index (χ1n) is 8.73. The van der Waals surface area contributed by atoms with Gasteiger partial charge in [-0.05, 0) is 37.5 Å². The second kappa shape index (κ2) is 7.05. The number of nitrogens with one attached hydrogen (secondary N) is 2. The highest BCUT2D eigenvalue weighted by Crippen LogP contribution is 2.42. The second-order valence-corrected chi connectivity index (χ2v) is 7.20. The van der Waals surface area contributed by atoms with Gasteiger partial charge in [0.15, 0.2) is 0 Å². The van der Waals surface area contributed by atoms with Crippen molar-refractivity contribution in [2.24, 2.45) is 0 Å². The fraction of sp³-hybridized carbons (Fsp3) is 0.474. The molecule has 146 valence electrons. The van der Waals surface area contributed by atoms with Gasteiger partial charge < -0.3 is 25.0 Å². The van der Waals surface area contributed by atoms with Crippen LogP contribution in [0.4, 0.5) is 0 Å². The third-order valence-corrected chi connectivity index (χ3v) is 5.28. The molecule has 2 heterocycles. The Labute approximate surface area is 155 Å². The van der Waals surface area contributed by atoms with Gasteiger partial charge >= 0.3 is 5.69 Å². The molecule has 0 aliphatic carbocycles. The molecule has 1 aliphatic rings. The van der Waals surface area contributed by atoms with Gasteiger partial charge in [-0.15, -0.1) is 0 Å². The number of benzene rings is 1. The lowest BCUT2D eigenvalue weighted by Crippen LogP contribution is -2.47. The maximum Gasteiger partial charge on any atom is 0.325 e. The normalized spacial score (nSPS) is 27.9. The van der Waals surface area contributed by atoms with Crippen LogP contribution >= 0.6 is 0 Å². The van der Waals surface area contributed by atoms with Gasteiger partial charge in [0.2, 0.25) is 0 Å². The largest absolute Gasteiger partial charge is 0.394 e. The van der Waals surface area contributed by atoms with Crippen molar-refractivity contribution in [1.82, 2.24) is 9.97 Å². The molecule has 0 radical (unpaired) electrons. The minimum atomic E-state index is -1.62. The van der Waals surface area contributed by atoms with Crippen molar-refractivity contribution in [2.75, 3.05) is 6.61 Å². The SMILES string of the molecule is Cc1cc(C)c(C[C@@]2(c3c[nH]c(=O)[nH]c3=O)O[C@H](CO)[C@@H](O)[C@H]2O)c(C)c1. The number of aliphatic hydroxyl groups excluding tert-OH is 3. The van der Waals surface area contributed by atoms with E-state index in [2.05, 4.69) is 9.97 Å². The van der Waals surface area contributed by atoms with E-state index >= 15 is 0 Å². The van der Waals surface area contributed by atoms with Gasteiger partial charge in [-0.2, -0.15) is 0 Å². The summed E-state index contributed by atoms with van der Waals surface area (Å²) in [6, 6.07) is 3.96. The predicted molar refractivity (Wildman–Crippen MR) is 97.7 cm³/mol. The summed E-state index contributed by atoms with van der Waals surface area (Å²) >= 11 is 0. The molecule has 0 spiro atoms. The minimum Gasteiger partial charge on any atom is -0.394 e. The number of aromatic amines is 2. The van der Waals surface area contributed by atoms with Crippen LogP contribution in [-0.4, -0.2) is 50.2 Å². The van der Waals surface area contributed by atoms with Gasteiger partial charge in [0.05, 0.1) is 12.2 Å². The number of aromatic nitrogens is 2. The zero-order valence-electron chi connectivity index (χ0n) is 15.4. The van der Waals surface area contributed by atoms with E-state index in [0.717, 1.165) is 22.3 Å². The Hall–Kier alpha value is -2.26. The molecule has 4 atom stereocenters. The molecule has 27 heavy (non-hydrogen) atoms. The Morgan fingerprint density at radius 2 is 1.78 bits per heavy atom. The van der Waals surface area contributed by atoms with Gasteiger partial charge in [0, 0.05) is 12.6 Å². The van der Waals surface area contributed by atoms with E-state index in [9.17, 15) is 24.9 Å². The van der Waals surface area contributed by atoms with E-state index in [1.165, 1.54) is 6.20 Å². The molecule has 1 aromatic carbocycles. The summed E-state index contributed by atoms with van der Waals surface area (Å²) in [4.78, 5) is 28.4. The van der Waals surface area contributed by atoms with Gasteiger partial charge in [-0.1, -0.05) is 17.7 Å². The van der Waals surface area contributed by atoms with Crippen LogP contribution in [0.5, 0.6) is 0 Å². The van der Waals surface area contributed by atoms with Crippen LogP contribution in [-0.2, 0) is 16.8 Å². The molecule has 1 saturated heterocycles. The summed E-state index contributed by atoms with van der Waals surface area (Å²) in [6.45, 7) is 5.29. The molecule has 0 saturated carbocycles. The summed E-state index contributed by atoms with van der Waals surface area (Å²) in [5.41, 5.74) is 0.802. The predicted octanol–water partition coefficient (Wildman–Crippen LogP) is -0.461. The Morgan fingerprint density at radius 3 is 2.30 bits per heavy atom. The summed E-state index contributed by atoms with van der Waals surface area (Å²) in [5, 5.41) is 30.7. The van der Waals surface area contributed by atoms with E-state index in [-0.39, 0.29) is 12.0 Å². The lowest BCUT2D eigenvalue weighted by molar-refractivity contribution is -0.0989. The molecular formula is C19H24N2O6. The van der Waals surface area contributed by atoms with Crippen molar-refractivity contribution in [1.29, 1.82) is 0 Å². The molecule has 0 bridgehead atoms. The van der Waals surface area contributed by atoms with Gasteiger partial charge in [-0.25, -0.2) is 4.79 Å². The maximum atomic E-state index is 12.5. The van der Waals surface area contributed by atoms with Crippen LogP contribution in [0.25, 0.3) is 0 Å². The second-order valence-electron chi connectivity index (χ2n) is 7.20. The fourth-order valence-corrected chi connectivity index (χ4v) is 3.97. The van der Waals surface area contributed by atoms with Gasteiger partial charge in [0.1, 0.15) is 23.9 Å². The van der Waals surface area contributed by atoms with E-state index in [4.69, 9.17) is 4.74 Å². The molecule has 8 nitrogen and oxygen atoms in total. The van der Waals surface area contributed by atoms with Crippen LogP contribution in [0.2, 0.25) is 0 Å². The first-order chi connectivity index (χ1) is 12.7. The van der Waals surface area contributed by atoms with Crippen molar-refractivity contribution in [2.45, 2.75) is 51.1 Å². The zero-order chi connectivity index (χ0) is 19.9. The summed E-state index contributed by atoms with van der Waals surface area (Å²) in [7, 11) is 0. The highest BCUT2D eigenvalue weighted by molar-refractivity contribution is 5.40. The molecular weight excluding hydrogens is 352 g/mol. The molecule has 1 aromatic heterocycles. The Balaban J connectivity index is 2.21. The number of hydrogen-bond acceptors (Lipinski definition) is 6. The van der Waals surface area contributed by atoms with Crippen LogP contribution in [0.1, 0.15) is 27.8 Å². The highest BCUT2D eigenvalue weighted by Gasteiger charge is 2.56. The molecule has 8 heteroatoms. The lowest BCUT2D eigenvalue weighted by Gasteiger charge is -2.33. The number of aliphatic hydroxyl groups is 3. The van der Waals surface area contributed by atoms with E-state index in [0.29, 0.717) is 0 Å². The van der Waals surface area contributed by atoms with Crippen molar-refractivity contribution < 1.29 is 20.1 Å². The molecule has 0 unspecified atom stereocenters. The van der Waals surface area contributed by atoms with Crippen LogP contribution in [0.3, 0.4) is 0 Å². The molecule has 0 amide bonds. The van der Waals surface area contributed by atoms with E-state index < -0.39 is 41.8 Å². The monoisotopic (exact) mass is 376 g/mol. The quantitative estimate of drug-likeness (QED) is 0.490. The van der Waals surface area contributed by atoms with Crippen molar-refractivity contribution in [3.8, 4) is 0 Å². The van der Waals surface area contributed by atoms with Gasteiger partial charge in [0.25, 0.3) is 5.56 Å². The summed E-state index contributed by atoms with van der Waals surface area (Å²) < 4.78 is 5.88. The van der Waals surface area contributed by atoms with Crippen molar-refractivity contribution >= 4 is 0 Å². The number of aryl methyl sites for hydroxylation is 3. The standard InChI is InChI=1S/C19H24N2O6/c1-9-4-10(2)12(11(3)5-9)6-19(13-7-20-18(26)21-17(13)25)16(24)15(23)14(8-22)27-19/h4-5,7,14-16,22-24H,6,8H2,1-3H3,(H2,20,21,25,26)/t14-,15-,16-,19+/m1/s1. The number of hydrogen-bond donors (Lipinski definition) is 5. The molecule has 5 N–H and O–H groups in total. The summed E-state index contributed by atoms with van der Waals surface area (Å²) in [6.07, 6.45) is -2.63. The van der Waals surface area contributed by atoms with E-state index in [1.54, 1.807) is 0 Å². The zero-order valence-corrected chi connectivity index (χ0v) is 15.4. The fourth-order valence-electron chi connectivity index (χ4n) is 3.97. The first kappa shape index (κ1) is 19.5. The Kier molecular flexibility index (Phi) is 5.09. The minimum absolute atomic E-state index is 0.0102. The molecule has 1 fully saturated rings. The Bertz CT molecular complexity index is 942. The van der Waals surface area contributed by atoms with Gasteiger partial charge in [-0.3, -0.25) is 9.78 Å². The van der Waals surface area contributed by atoms with Crippen molar-refractivity contribution in [3.05, 3.63) is 67.0 Å². The number of rotatable bonds is 4. The maximum absolute atomic E-state index is 12.5. The van der Waals surface area contributed by atoms with Crippen LogP contribution < -0.4 is 11.2 Å². The molecule has 2 aromatic rings. The summed E-state index contributed by atoms with van der Waals surface area (Å²) in [5.74, 6) is 0. The third kappa shape index (κ3) is 3.25.